The van der Waals surface area contributed by atoms with Gasteiger partial charge in [0, 0.05) is 38.8 Å². The van der Waals surface area contributed by atoms with Gasteiger partial charge in [0.25, 0.3) is 5.91 Å². The molecule has 1 amide bonds. The molecule has 34 heavy (non-hydrogen) atoms. The lowest BCUT2D eigenvalue weighted by atomic mass is 10.1. The summed E-state index contributed by atoms with van der Waals surface area (Å²) >= 11 is 1.44. The first kappa shape index (κ1) is 24.2. The second kappa shape index (κ2) is 11.0. The number of aryl methyl sites for hydroxylation is 1. The van der Waals surface area contributed by atoms with E-state index in [-0.39, 0.29) is 5.91 Å². The highest BCUT2D eigenvalue weighted by Gasteiger charge is 2.24. The van der Waals surface area contributed by atoms with Crippen molar-refractivity contribution in [3.8, 4) is 11.5 Å². The van der Waals surface area contributed by atoms with E-state index in [0.717, 1.165) is 71.4 Å². The maximum atomic E-state index is 13.1. The van der Waals surface area contributed by atoms with Gasteiger partial charge in [-0.05, 0) is 43.5 Å². The molecular weight excluding hydrogens is 450 g/mol. The zero-order valence-corrected chi connectivity index (χ0v) is 21.2. The fraction of sp³-hybridized carbons (Fsp3) is 0.480. The summed E-state index contributed by atoms with van der Waals surface area (Å²) in [6.07, 6.45) is 3.45. The van der Waals surface area contributed by atoms with E-state index in [2.05, 4.69) is 32.0 Å². The largest absolute Gasteiger partial charge is 0.497 e. The molecule has 1 aliphatic heterocycles. The Kier molecular flexibility index (Phi) is 7.84. The number of hydrogen-bond donors (Lipinski definition) is 1. The third-order valence-corrected chi connectivity index (χ3v) is 7.50. The Balaban J connectivity index is 1.46. The van der Waals surface area contributed by atoms with Gasteiger partial charge in [0.1, 0.15) is 28.5 Å². The predicted molar refractivity (Wildman–Crippen MR) is 137 cm³/mol. The van der Waals surface area contributed by atoms with Crippen LogP contribution in [-0.2, 0) is 6.42 Å². The minimum absolute atomic E-state index is 0.0771. The number of benzene rings is 1. The lowest BCUT2D eigenvalue weighted by Gasteiger charge is -2.35. The summed E-state index contributed by atoms with van der Waals surface area (Å²) in [5.41, 5.74) is 1.97. The quantitative estimate of drug-likeness (QED) is 0.499. The molecule has 0 saturated carbocycles. The van der Waals surface area contributed by atoms with E-state index < -0.39 is 0 Å². The smallest absolute Gasteiger partial charge is 0.261 e. The Morgan fingerprint density at radius 1 is 1.15 bits per heavy atom. The molecule has 1 aromatic carbocycles. The Labute approximate surface area is 204 Å². The molecule has 1 saturated heterocycles. The number of aromatic nitrogens is 2. The first-order valence-corrected chi connectivity index (χ1v) is 12.6. The lowest BCUT2D eigenvalue weighted by molar-refractivity contribution is 0.0957. The van der Waals surface area contributed by atoms with Crippen LogP contribution in [0.3, 0.4) is 0 Å². The standard InChI is InChI=1S/C25H33N5O3S/c1-5-10-29-11-13-30(14-12-29)23-21-17(2)22(34-25(21)28-16-27-23)24(31)26-9-8-18-6-7-19(32-3)15-20(18)33-4/h6-7,15-16H,5,8-14H2,1-4H3,(H,26,31). The van der Waals surface area contributed by atoms with Gasteiger partial charge in [-0.3, -0.25) is 9.69 Å². The molecule has 0 aliphatic carbocycles. The Hall–Kier alpha value is -2.91. The van der Waals surface area contributed by atoms with E-state index >= 15 is 0 Å². The summed E-state index contributed by atoms with van der Waals surface area (Å²) in [6.45, 7) is 9.80. The molecule has 0 spiro atoms. The van der Waals surface area contributed by atoms with Crippen molar-refractivity contribution in [2.75, 3.05) is 58.4 Å². The molecule has 3 heterocycles. The van der Waals surface area contributed by atoms with Gasteiger partial charge in [-0.15, -0.1) is 11.3 Å². The summed E-state index contributed by atoms with van der Waals surface area (Å²) < 4.78 is 10.7. The first-order valence-electron chi connectivity index (χ1n) is 11.8. The minimum Gasteiger partial charge on any atom is -0.497 e. The second-order valence-corrected chi connectivity index (χ2v) is 9.45. The summed E-state index contributed by atoms with van der Waals surface area (Å²) in [7, 11) is 3.27. The van der Waals surface area contributed by atoms with Crippen LogP contribution in [0.15, 0.2) is 24.5 Å². The number of fused-ring (bicyclic) bond motifs is 1. The Bertz CT molecular complexity index is 1140. The van der Waals surface area contributed by atoms with Gasteiger partial charge in [0.15, 0.2) is 0 Å². The molecule has 8 nitrogen and oxygen atoms in total. The molecule has 0 radical (unpaired) electrons. The van der Waals surface area contributed by atoms with Crippen LogP contribution in [0, 0.1) is 6.92 Å². The molecule has 0 unspecified atom stereocenters. The predicted octanol–water partition coefficient (Wildman–Crippen LogP) is 3.52. The molecular formula is C25H33N5O3S. The van der Waals surface area contributed by atoms with Crippen molar-refractivity contribution in [2.45, 2.75) is 26.7 Å². The summed E-state index contributed by atoms with van der Waals surface area (Å²) in [5, 5.41) is 4.06. The van der Waals surface area contributed by atoms with Crippen molar-refractivity contribution < 1.29 is 14.3 Å². The van der Waals surface area contributed by atoms with Gasteiger partial charge in [0.05, 0.1) is 24.5 Å². The number of anilines is 1. The third kappa shape index (κ3) is 5.10. The van der Waals surface area contributed by atoms with Crippen molar-refractivity contribution in [3.63, 3.8) is 0 Å². The Morgan fingerprint density at radius 2 is 1.94 bits per heavy atom. The van der Waals surface area contributed by atoms with Crippen molar-refractivity contribution >= 4 is 33.3 Å². The van der Waals surface area contributed by atoms with Gasteiger partial charge in [-0.1, -0.05) is 13.0 Å². The molecule has 1 N–H and O–H groups in total. The molecule has 0 atom stereocenters. The molecule has 1 aliphatic rings. The maximum Gasteiger partial charge on any atom is 0.261 e. The zero-order chi connectivity index (χ0) is 24.1. The number of nitrogens with one attached hydrogen (secondary N) is 1. The number of piperazine rings is 1. The number of carbonyl (C=O) groups is 1. The fourth-order valence-electron chi connectivity index (χ4n) is 4.46. The average molecular weight is 484 g/mol. The van der Waals surface area contributed by atoms with E-state index in [4.69, 9.17) is 9.47 Å². The van der Waals surface area contributed by atoms with Crippen LogP contribution in [0.5, 0.6) is 11.5 Å². The lowest BCUT2D eigenvalue weighted by Crippen LogP contribution is -2.46. The van der Waals surface area contributed by atoms with E-state index in [0.29, 0.717) is 17.8 Å². The number of rotatable bonds is 9. The number of thiophene rings is 1. The van der Waals surface area contributed by atoms with Gasteiger partial charge in [-0.25, -0.2) is 9.97 Å². The first-order chi connectivity index (χ1) is 16.5. The van der Waals surface area contributed by atoms with Crippen LogP contribution < -0.4 is 19.7 Å². The van der Waals surface area contributed by atoms with E-state index in [1.165, 1.54) is 17.8 Å². The molecule has 9 heteroatoms. The van der Waals surface area contributed by atoms with Crippen LogP contribution >= 0.6 is 11.3 Å². The fourth-order valence-corrected chi connectivity index (χ4v) is 5.52. The SMILES string of the molecule is CCCN1CCN(c2ncnc3sc(C(=O)NCCc4ccc(OC)cc4OC)c(C)c23)CC1. The van der Waals surface area contributed by atoms with Crippen molar-refractivity contribution in [2.24, 2.45) is 0 Å². The van der Waals surface area contributed by atoms with Crippen LogP contribution in [0.4, 0.5) is 5.82 Å². The number of methoxy groups -OCH3 is 2. The van der Waals surface area contributed by atoms with Gasteiger partial charge < -0.3 is 19.7 Å². The van der Waals surface area contributed by atoms with Gasteiger partial charge in [0.2, 0.25) is 0 Å². The third-order valence-electron chi connectivity index (χ3n) is 6.30. The van der Waals surface area contributed by atoms with Crippen LogP contribution in [0.1, 0.15) is 34.1 Å². The van der Waals surface area contributed by atoms with Crippen molar-refractivity contribution in [1.29, 1.82) is 0 Å². The van der Waals surface area contributed by atoms with E-state index in [9.17, 15) is 4.79 Å². The van der Waals surface area contributed by atoms with Crippen LogP contribution in [0.2, 0.25) is 0 Å². The molecule has 2 aromatic heterocycles. The second-order valence-electron chi connectivity index (χ2n) is 8.45. The number of carbonyl (C=O) groups excluding carboxylic acids is 1. The maximum absolute atomic E-state index is 13.1. The van der Waals surface area contributed by atoms with Gasteiger partial charge in [-0.2, -0.15) is 0 Å². The number of nitrogens with zero attached hydrogens (tertiary/aromatic N) is 4. The summed E-state index contributed by atoms with van der Waals surface area (Å²) in [4.78, 5) is 28.5. The van der Waals surface area contributed by atoms with Crippen molar-refractivity contribution in [1.82, 2.24) is 20.2 Å². The van der Waals surface area contributed by atoms with Crippen molar-refractivity contribution in [3.05, 3.63) is 40.5 Å². The zero-order valence-electron chi connectivity index (χ0n) is 20.4. The van der Waals surface area contributed by atoms with E-state index in [1.54, 1.807) is 20.5 Å². The number of hydrogen-bond acceptors (Lipinski definition) is 8. The van der Waals surface area contributed by atoms with E-state index in [1.807, 2.05) is 25.1 Å². The summed E-state index contributed by atoms with van der Waals surface area (Å²) in [5.74, 6) is 2.36. The number of ether oxygens (including phenoxy) is 2. The highest BCUT2D eigenvalue weighted by atomic mass is 32.1. The van der Waals surface area contributed by atoms with Crippen LogP contribution in [-0.4, -0.2) is 74.3 Å². The average Bonchev–Trinajstić information content (AvgIpc) is 3.21. The van der Waals surface area contributed by atoms with Crippen LogP contribution in [0.25, 0.3) is 10.2 Å². The highest BCUT2D eigenvalue weighted by molar-refractivity contribution is 7.20. The monoisotopic (exact) mass is 483 g/mol. The molecule has 3 aromatic rings. The molecule has 0 bridgehead atoms. The molecule has 182 valence electrons. The Morgan fingerprint density at radius 3 is 2.65 bits per heavy atom. The topological polar surface area (TPSA) is 79.8 Å². The highest BCUT2D eigenvalue weighted by Crippen LogP contribution is 2.35. The molecule has 1 fully saturated rings. The number of amides is 1. The molecule has 4 rings (SSSR count). The minimum atomic E-state index is -0.0771. The normalized spacial score (nSPS) is 14.4. The van der Waals surface area contributed by atoms with Gasteiger partial charge >= 0.3 is 0 Å². The summed E-state index contributed by atoms with van der Waals surface area (Å²) in [6, 6.07) is 5.73.